The van der Waals surface area contributed by atoms with Crippen molar-refractivity contribution in [2.75, 3.05) is 12.3 Å². The third-order valence-corrected chi connectivity index (χ3v) is 7.82. The molecular formula is C28H29BrCl2N2O2S. The van der Waals surface area contributed by atoms with Gasteiger partial charge in [0.2, 0.25) is 11.8 Å². The van der Waals surface area contributed by atoms with Gasteiger partial charge in [0, 0.05) is 29.7 Å². The number of hydrogen-bond acceptors (Lipinski definition) is 3. The Morgan fingerprint density at radius 1 is 0.944 bits per heavy atom. The number of thioether (sulfide) groups is 1. The minimum Gasteiger partial charge on any atom is -0.354 e. The Bertz CT molecular complexity index is 1150. The average Bonchev–Trinajstić information content (AvgIpc) is 2.88. The van der Waals surface area contributed by atoms with Crippen molar-refractivity contribution in [1.82, 2.24) is 10.2 Å². The first-order chi connectivity index (χ1) is 17.4. The monoisotopic (exact) mass is 606 g/mol. The molecule has 0 saturated carbocycles. The Morgan fingerprint density at radius 3 is 2.31 bits per heavy atom. The second-order valence-corrected chi connectivity index (χ2v) is 11.1. The van der Waals surface area contributed by atoms with E-state index in [9.17, 15) is 9.59 Å². The Labute approximate surface area is 235 Å². The molecule has 3 rings (SSSR count). The number of nitrogens with zero attached hydrogens (tertiary/aromatic N) is 1. The lowest BCUT2D eigenvalue weighted by Gasteiger charge is -2.31. The van der Waals surface area contributed by atoms with E-state index in [4.69, 9.17) is 23.2 Å². The number of benzene rings is 3. The fourth-order valence-corrected chi connectivity index (χ4v) is 5.12. The highest BCUT2D eigenvalue weighted by molar-refractivity contribution is 9.10. The summed E-state index contributed by atoms with van der Waals surface area (Å²) in [4.78, 5) is 28.6. The van der Waals surface area contributed by atoms with Gasteiger partial charge < -0.3 is 10.2 Å². The summed E-state index contributed by atoms with van der Waals surface area (Å²) < 4.78 is 0.961. The van der Waals surface area contributed by atoms with Crippen molar-refractivity contribution in [3.8, 4) is 0 Å². The Balaban J connectivity index is 1.82. The molecule has 0 spiro atoms. The van der Waals surface area contributed by atoms with Gasteiger partial charge in [-0.2, -0.15) is 0 Å². The third kappa shape index (κ3) is 8.84. The molecule has 0 aliphatic carbocycles. The standard InChI is InChI=1S/C28H29BrCl2N2O2S/c1-2-14-32-28(35)26(16-20-6-4-3-5-7-20)33(17-21-8-11-23(29)12-9-21)27(34)19-36-18-22-10-13-24(30)25(31)15-22/h3-13,15,26H,2,14,16-19H2,1H3,(H,32,35)/t26-/m1/s1. The van der Waals surface area contributed by atoms with E-state index in [2.05, 4.69) is 21.2 Å². The topological polar surface area (TPSA) is 49.4 Å². The molecule has 0 unspecified atom stereocenters. The van der Waals surface area contributed by atoms with E-state index in [1.165, 1.54) is 11.8 Å². The second-order valence-electron chi connectivity index (χ2n) is 8.39. The molecule has 3 aromatic rings. The van der Waals surface area contributed by atoms with Crippen LogP contribution in [0.1, 0.15) is 30.0 Å². The zero-order valence-electron chi connectivity index (χ0n) is 20.1. The first-order valence-corrected chi connectivity index (χ1v) is 14.4. The predicted molar refractivity (Wildman–Crippen MR) is 155 cm³/mol. The lowest BCUT2D eigenvalue weighted by Crippen LogP contribution is -2.51. The molecule has 0 saturated heterocycles. The molecular weight excluding hydrogens is 579 g/mol. The number of halogens is 3. The summed E-state index contributed by atoms with van der Waals surface area (Å²) in [5.41, 5.74) is 2.96. The number of nitrogens with one attached hydrogen (secondary N) is 1. The molecule has 0 aromatic heterocycles. The quantitative estimate of drug-likeness (QED) is 0.238. The Morgan fingerprint density at radius 2 is 1.64 bits per heavy atom. The van der Waals surface area contributed by atoms with Gasteiger partial charge in [-0.05, 0) is 47.4 Å². The molecule has 190 valence electrons. The predicted octanol–water partition coefficient (Wildman–Crippen LogP) is 7.16. The molecule has 0 aliphatic heterocycles. The van der Waals surface area contributed by atoms with E-state index in [-0.39, 0.29) is 17.6 Å². The van der Waals surface area contributed by atoms with Gasteiger partial charge in [-0.3, -0.25) is 9.59 Å². The van der Waals surface area contributed by atoms with E-state index in [0.717, 1.165) is 27.6 Å². The molecule has 0 fully saturated rings. The van der Waals surface area contributed by atoms with E-state index in [1.807, 2.05) is 73.7 Å². The van der Waals surface area contributed by atoms with Crippen molar-refractivity contribution >= 4 is 62.7 Å². The van der Waals surface area contributed by atoms with Crippen molar-refractivity contribution in [2.24, 2.45) is 0 Å². The van der Waals surface area contributed by atoms with E-state index in [0.29, 0.717) is 35.3 Å². The lowest BCUT2D eigenvalue weighted by molar-refractivity contribution is -0.139. The van der Waals surface area contributed by atoms with E-state index >= 15 is 0 Å². The molecule has 2 amide bonds. The van der Waals surface area contributed by atoms with Crippen LogP contribution in [0.2, 0.25) is 10.0 Å². The molecule has 0 aliphatic rings. The molecule has 1 N–H and O–H groups in total. The molecule has 0 heterocycles. The molecule has 4 nitrogen and oxygen atoms in total. The summed E-state index contributed by atoms with van der Waals surface area (Å²) in [5.74, 6) is 0.625. The van der Waals surface area contributed by atoms with Crippen LogP contribution in [0.5, 0.6) is 0 Å². The molecule has 0 bridgehead atoms. The van der Waals surface area contributed by atoms with Crippen molar-refractivity contribution in [3.05, 3.63) is 104 Å². The minimum absolute atomic E-state index is 0.0874. The maximum Gasteiger partial charge on any atom is 0.243 e. The van der Waals surface area contributed by atoms with Crippen LogP contribution in [0.4, 0.5) is 0 Å². The molecule has 8 heteroatoms. The zero-order valence-corrected chi connectivity index (χ0v) is 24.0. The van der Waals surface area contributed by atoms with Crippen LogP contribution in [0.15, 0.2) is 77.3 Å². The molecule has 36 heavy (non-hydrogen) atoms. The number of carbonyl (C=O) groups excluding carboxylic acids is 2. The van der Waals surface area contributed by atoms with Gasteiger partial charge in [0.05, 0.1) is 15.8 Å². The van der Waals surface area contributed by atoms with Crippen LogP contribution in [-0.2, 0) is 28.3 Å². The summed E-state index contributed by atoms with van der Waals surface area (Å²) in [6.45, 7) is 2.92. The van der Waals surface area contributed by atoms with Crippen LogP contribution in [-0.4, -0.2) is 35.1 Å². The van der Waals surface area contributed by atoms with Crippen molar-refractivity contribution in [1.29, 1.82) is 0 Å². The fraction of sp³-hybridized carbons (Fsp3) is 0.286. The SMILES string of the molecule is CCCNC(=O)[C@@H](Cc1ccccc1)N(Cc1ccc(Br)cc1)C(=O)CSCc1ccc(Cl)c(Cl)c1. The van der Waals surface area contributed by atoms with Gasteiger partial charge in [0.25, 0.3) is 0 Å². The highest BCUT2D eigenvalue weighted by Gasteiger charge is 2.30. The largest absolute Gasteiger partial charge is 0.354 e. The maximum absolute atomic E-state index is 13.6. The smallest absolute Gasteiger partial charge is 0.243 e. The van der Waals surface area contributed by atoms with Crippen LogP contribution < -0.4 is 5.32 Å². The Hall–Kier alpha value is -1.99. The normalized spacial score (nSPS) is 11.7. The summed E-state index contributed by atoms with van der Waals surface area (Å²) in [5, 5.41) is 4.00. The first-order valence-electron chi connectivity index (χ1n) is 11.7. The molecule has 1 atom stereocenters. The number of carbonyl (C=O) groups is 2. The second kappa shape index (κ2) is 14.7. The van der Waals surface area contributed by atoms with Gasteiger partial charge in [0.1, 0.15) is 6.04 Å². The van der Waals surface area contributed by atoms with Gasteiger partial charge in [0.15, 0.2) is 0 Å². The summed E-state index contributed by atoms with van der Waals surface area (Å²) in [6.07, 6.45) is 1.26. The first kappa shape index (κ1) is 28.6. The third-order valence-electron chi connectivity index (χ3n) is 5.56. The van der Waals surface area contributed by atoms with Crippen molar-refractivity contribution < 1.29 is 9.59 Å². The summed E-state index contributed by atoms with van der Waals surface area (Å²) in [7, 11) is 0. The highest BCUT2D eigenvalue weighted by Crippen LogP contribution is 2.25. The summed E-state index contributed by atoms with van der Waals surface area (Å²) >= 11 is 17.1. The molecule has 0 radical (unpaired) electrons. The van der Waals surface area contributed by atoms with Crippen LogP contribution in [0.3, 0.4) is 0 Å². The summed E-state index contributed by atoms with van der Waals surface area (Å²) in [6, 6.07) is 22.5. The van der Waals surface area contributed by atoms with E-state index in [1.54, 1.807) is 11.0 Å². The number of rotatable bonds is 12. The number of hydrogen-bond donors (Lipinski definition) is 1. The van der Waals surface area contributed by atoms with Crippen LogP contribution in [0.25, 0.3) is 0 Å². The van der Waals surface area contributed by atoms with Gasteiger partial charge in [-0.1, -0.05) is 94.6 Å². The van der Waals surface area contributed by atoms with Crippen molar-refractivity contribution in [3.63, 3.8) is 0 Å². The minimum atomic E-state index is -0.624. The van der Waals surface area contributed by atoms with Crippen LogP contribution in [0, 0.1) is 0 Å². The van der Waals surface area contributed by atoms with Gasteiger partial charge >= 0.3 is 0 Å². The van der Waals surface area contributed by atoms with Gasteiger partial charge in [-0.15, -0.1) is 11.8 Å². The average molecular weight is 608 g/mol. The van der Waals surface area contributed by atoms with Crippen LogP contribution >= 0.6 is 50.9 Å². The van der Waals surface area contributed by atoms with Gasteiger partial charge in [-0.25, -0.2) is 0 Å². The zero-order chi connectivity index (χ0) is 25.9. The molecule has 3 aromatic carbocycles. The highest BCUT2D eigenvalue weighted by atomic mass is 79.9. The number of amides is 2. The lowest BCUT2D eigenvalue weighted by atomic mass is 10.0. The fourth-order valence-electron chi connectivity index (χ4n) is 3.68. The van der Waals surface area contributed by atoms with Crippen molar-refractivity contribution in [2.45, 2.75) is 38.1 Å². The van der Waals surface area contributed by atoms with E-state index < -0.39 is 6.04 Å². The maximum atomic E-state index is 13.6. The Kier molecular flexibility index (Phi) is 11.6.